The van der Waals surface area contributed by atoms with Gasteiger partial charge in [-0.25, -0.2) is 4.39 Å². The van der Waals surface area contributed by atoms with Gasteiger partial charge >= 0.3 is 0 Å². The second-order valence-corrected chi connectivity index (χ2v) is 5.51. The van der Waals surface area contributed by atoms with Crippen molar-refractivity contribution in [2.24, 2.45) is 23.2 Å². The zero-order chi connectivity index (χ0) is 12.5. The Kier molecular flexibility index (Phi) is 3.82. The Morgan fingerprint density at radius 1 is 1.62 bits per heavy atom. The van der Waals surface area contributed by atoms with E-state index in [9.17, 15) is 4.39 Å². The molecule has 0 amide bonds. The van der Waals surface area contributed by atoms with Gasteiger partial charge in [0.15, 0.2) is 0 Å². The molecule has 1 aliphatic carbocycles. The molecule has 0 bridgehead atoms. The molecule has 0 saturated carbocycles. The van der Waals surface area contributed by atoms with E-state index in [1.165, 1.54) is 0 Å². The Bertz CT molecular complexity index is 304. The van der Waals surface area contributed by atoms with Gasteiger partial charge in [0.1, 0.15) is 5.83 Å². The van der Waals surface area contributed by atoms with Gasteiger partial charge in [-0.05, 0) is 24.3 Å². The third-order valence-corrected chi connectivity index (χ3v) is 4.03. The van der Waals surface area contributed by atoms with E-state index in [1.54, 1.807) is 6.08 Å². The first-order valence-corrected chi connectivity index (χ1v) is 6.12. The molecular formula is C14H24FN. The van der Waals surface area contributed by atoms with Crippen LogP contribution >= 0.6 is 0 Å². The third-order valence-electron chi connectivity index (χ3n) is 4.03. The number of hydrogen-bond donors (Lipinski definition) is 1. The molecule has 0 radical (unpaired) electrons. The van der Waals surface area contributed by atoms with Crippen LogP contribution in [-0.4, -0.2) is 6.54 Å². The summed E-state index contributed by atoms with van der Waals surface area (Å²) in [4.78, 5) is 0. The summed E-state index contributed by atoms with van der Waals surface area (Å²) >= 11 is 0. The van der Waals surface area contributed by atoms with Crippen LogP contribution in [-0.2, 0) is 0 Å². The molecule has 0 aromatic heterocycles. The Hall–Kier alpha value is -0.790. The first-order valence-electron chi connectivity index (χ1n) is 6.12. The number of allylic oxidation sites excluding steroid dienone is 3. The van der Waals surface area contributed by atoms with Crippen LogP contribution in [0.2, 0.25) is 0 Å². The van der Waals surface area contributed by atoms with Crippen LogP contribution < -0.4 is 5.32 Å². The summed E-state index contributed by atoms with van der Waals surface area (Å²) in [7, 11) is 0. The fourth-order valence-corrected chi connectivity index (χ4v) is 2.56. The van der Waals surface area contributed by atoms with E-state index in [0.717, 1.165) is 12.2 Å². The highest BCUT2D eigenvalue weighted by molar-refractivity contribution is 5.20. The fraction of sp³-hybridized carbons (Fsp3) is 0.714. The second-order valence-electron chi connectivity index (χ2n) is 5.51. The van der Waals surface area contributed by atoms with Crippen molar-refractivity contribution in [1.29, 1.82) is 0 Å². The van der Waals surface area contributed by atoms with Crippen molar-refractivity contribution >= 4 is 0 Å². The molecule has 3 atom stereocenters. The molecule has 2 heteroatoms. The average Bonchev–Trinajstić information content (AvgIpc) is 2.36. The molecule has 0 aliphatic heterocycles. The number of rotatable bonds is 4. The highest BCUT2D eigenvalue weighted by Gasteiger charge is 2.42. The second kappa shape index (κ2) is 4.60. The summed E-state index contributed by atoms with van der Waals surface area (Å²) in [6.45, 7) is 15.3. The van der Waals surface area contributed by atoms with Crippen molar-refractivity contribution < 1.29 is 4.39 Å². The maximum absolute atomic E-state index is 14.0. The summed E-state index contributed by atoms with van der Waals surface area (Å²) in [6.07, 6.45) is 1.78. The van der Waals surface area contributed by atoms with Crippen LogP contribution in [0.1, 0.15) is 34.6 Å². The minimum Gasteiger partial charge on any atom is -0.389 e. The summed E-state index contributed by atoms with van der Waals surface area (Å²) in [5.41, 5.74) is 0.899. The lowest BCUT2D eigenvalue weighted by atomic mass is 9.74. The molecule has 0 aromatic rings. The molecule has 16 heavy (non-hydrogen) atoms. The normalized spacial score (nSPS) is 29.8. The Balaban J connectivity index is 2.82. The van der Waals surface area contributed by atoms with Crippen molar-refractivity contribution in [2.75, 3.05) is 6.54 Å². The SMILES string of the molecule is C=C(NCC)C(C)[C@@H]1C(F)=CC(C)(C)[C@@H]1C. The Labute approximate surface area is 98.8 Å². The lowest BCUT2D eigenvalue weighted by molar-refractivity contribution is 0.213. The van der Waals surface area contributed by atoms with E-state index in [1.807, 2.05) is 6.92 Å². The van der Waals surface area contributed by atoms with Gasteiger partial charge in [-0.2, -0.15) is 0 Å². The van der Waals surface area contributed by atoms with Crippen molar-refractivity contribution in [1.82, 2.24) is 5.32 Å². The van der Waals surface area contributed by atoms with E-state index >= 15 is 0 Å². The number of halogens is 1. The topological polar surface area (TPSA) is 12.0 Å². The van der Waals surface area contributed by atoms with Gasteiger partial charge in [0.25, 0.3) is 0 Å². The van der Waals surface area contributed by atoms with Gasteiger partial charge < -0.3 is 5.32 Å². The largest absolute Gasteiger partial charge is 0.389 e. The zero-order valence-electron chi connectivity index (χ0n) is 11.1. The van der Waals surface area contributed by atoms with E-state index in [4.69, 9.17) is 0 Å². The summed E-state index contributed by atoms with van der Waals surface area (Å²) in [5, 5.41) is 3.20. The van der Waals surface area contributed by atoms with Crippen molar-refractivity contribution in [3.05, 3.63) is 24.2 Å². The first-order chi connectivity index (χ1) is 7.31. The van der Waals surface area contributed by atoms with Crippen LogP contribution in [0, 0.1) is 23.2 Å². The van der Waals surface area contributed by atoms with Crippen LogP contribution in [0.25, 0.3) is 0 Å². The molecule has 1 nitrogen and oxygen atoms in total. The predicted molar refractivity (Wildman–Crippen MR) is 67.6 cm³/mol. The molecule has 0 spiro atoms. The van der Waals surface area contributed by atoms with Crippen LogP contribution in [0.3, 0.4) is 0 Å². The minimum absolute atomic E-state index is 0.0263. The maximum Gasteiger partial charge on any atom is 0.101 e. The first kappa shape index (κ1) is 13.3. The molecular weight excluding hydrogens is 201 g/mol. The minimum atomic E-state index is -0.0461. The highest BCUT2D eigenvalue weighted by Crippen LogP contribution is 2.49. The van der Waals surface area contributed by atoms with Gasteiger partial charge in [0, 0.05) is 24.1 Å². The lowest BCUT2D eigenvalue weighted by Gasteiger charge is -2.31. The highest BCUT2D eigenvalue weighted by atomic mass is 19.1. The molecule has 1 unspecified atom stereocenters. The van der Waals surface area contributed by atoms with Crippen LogP contribution in [0.5, 0.6) is 0 Å². The molecule has 1 rings (SSSR count). The molecule has 92 valence electrons. The zero-order valence-corrected chi connectivity index (χ0v) is 11.1. The van der Waals surface area contributed by atoms with E-state index in [2.05, 4.69) is 39.6 Å². The monoisotopic (exact) mass is 225 g/mol. The molecule has 1 N–H and O–H groups in total. The molecule has 0 aromatic carbocycles. The van der Waals surface area contributed by atoms with Crippen LogP contribution in [0.4, 0.5) is 4.39 Å². The average molecular weight is 225 g/mol. The van der Waals surface area contributed by atoms with E-state index in [0.29, 0.717) is 5.92 Å². The Morgan fingerprint density at radius 2 is 2.19 bits per heavy atom. The maximum atomic E-state index is 14.0. The van der Waals surface area contributed by atoms with Crippen molar-refractivity contribution in [2.45, 2.75) is 34.6 Å². The Morgan fingerprint density at radius 3 is 2.56 bits per heavy atom. The predicted octanol–water partition coefficient (Wildman–Crippen LogP) is 3.89. The molecule has 0 saturated heterocycles. The molecule has 1 aliphatic rings. The van der Waals surface area contributed by atoms with Crippen molar-refractivity contribution in [3.8, 4) is 0 Å². The van der Waals surface area contributed by atoms with Gasteiger partial charge in [-0.3, -0.25) is 0 Å². The number of hydrogen-bond acceptors (Lipinski definition) is 1. The molecule has 0 fully saturated rings. The molecule has 0 heterocycles. The van der Waals surface area contributed by atoms with E-state index < -0.39 is 0 Å². The quantitative estimate of drug-likeness (QED) is 0.765. The summed E-state index contributed by atoms with van der Waals surface area (Å²) in [5.74, 6) is 0.469. The standard InChI is InChI=1S/C14H24FN/c1-7-16-11(4)9(2)13-10(3)14(5,6)8-12(13)15/h8-10,13,16H,4,7H2,1-3,5-6H3/t9?,10-,13+/m1/s1. The van der Waals surface area contributed by atoms with E-state index in [-0.39, 0.29) is 23.1 Å². The van der Waals surface area contributed by atoms with Gasteiger partial charge in [-0.1, -0.05) is 34.3 Å². The third kappa shape index (κ3) is 2.31. The van der Waals surface area contributed by atoms with Crippen molar-refractivity contribution in [3.63, 3.8) is 0 Å². The number of nitrogens with one attached hydrogen (secondary N) is 1. The van der Waals surface area contributed by atoms with Gasteiger partial charge in [-0.15, -0.1) is 0 Å². The fourth-order valence-electron chi connectivity index (χ4n) is 2.56. The lowest BCUT2D eigenvalue weighted by Crippen LogP contribution is -2.29. The van der Waals surface area contributed by atoms with Gasteiger partial charge in [0.2, 0.25) is 0 Å². The summed E-state index contributed by atoms with van der Waals surface area (Å²) < 4.78 is 14.0. The summed E-state index contributed by atoms with van der Waals surface area (Å²) in [6, 6.07) is 0. The smallest absolute Gasteiger partial charge is 0.101 e. The van der Waals surface area contributed by atoms with Gasteiger partial charge in [0.05, 0.1) is 0 Å². The van der Waals surface area contributed by atoms with Crippen LogP contribution in [0.15, 0.2) is 24.2 Å².